The van der Waals surface area contributed by atoms with E-state index >= 15 is 0 Å². The summed E-state index contributed by atoms with van der Waals surface area (Å²) >= 11 is 5.74. The van der Waals surface area contributed by atoms with E-state index in [0.717, 1.165) is 6.42 Å². The van der Waals surface area contributed by atoms with Gasteiger partial charge in [-0.1, -0.05) is 18.5 Å². The standard InChI is InChI=1S/C12H17ClN2O2/c1-2-10(8-16)14-7-12(17)15-11-5-3-9(13)4-6-11/h3-6,10,14,16H,2,7-8H2,1H3,(H,15,17). The molecule has 5 heteroatoms. The summed E-state index contributed by atoms with van der Waals surface area (Å²) in [6.07, 6.45) is 0.782. The van der Waals surface area contributed by atoms with Crippen molar-refractivity contribution in [3.05, 3.63) is 29.3 Å². The van der Waals surface area contributed by atoms with Gasteiger partial charge in [0.25, 0.3) is 0 Å². The van der Waals surface area contributed by atoms with E-state index in [0.29, 0.717) is 10.7 Å². The molecule has 0 aromatic heterocycles. The Labute approximate surface area is 106 Å². The molecule has 1 aromatic rings. The molecule has 1 aromatic carbocycles. The van der Waals surface area contributed by atoms with Crippen LogP contribution in [-0.4, -0.2) is 30.2 Å². The van der Waals surface area contributed by atoms with Gasteiger partial charge in [0.05, 0.1) is 13.2 Å². The number of amides is 1. The second-order valence-corrected chi connectivity index (χ2v) is 4.16. The van der Waals surface area contributed by atoms with E-state index in [9.17, 15) is 4.79 Å². The summed E-state index contributed by atoms with van der Waals surface area (Å²) in [6, 6.07) is 6.87. The molecule has 0 fully saturated rings. The van der Waals surface area contributed by atoms with Gasteiger partial charge < -0.3 is 15.7 Å². The van der Waals surface area contributed by atoms with Crippen LogP contribution in [0.2, 0.25) is 5.02 Å². The zero-order valence-electron chi connectivity index (χ0n) is 9.74. The lowest BCUT2D eigenvalue weighted by molar-refractivity contribution is -0.115. The summed E-state index contributed by atoms with van der Waals surface area (Å²) in [6.45, 7) is 2.16. The first kappa shape index (κ1) is 14.0. The molecule has 0 bridgehead atoms. The Morgan fingerprint density at radius 1 is 1.41 bits per heavy atom. The first-order chi connectivity index (χ1) is 8.15. The van der Waals surface area contributed by atoms with E-state index in [1.54, 1.807) is 24.3 Å². The highest BCUT2D eigenvalue weighted by Crippen LogP contribution is 2.12. The van der Waals surface area contributed by atoms with Gasteiger partial charge in [0, 0.05) is 16.8 Å². The maximum Gasteiger partial charge on any atom is 0.238 e. The van der Waals surface area contributed by atoms with Crippen LogP contribution in [0.15, 0.2) is 24.3 Å². The van der Waals surface area contributed by atoms with Crippen LogP contribution < -0.4 is 10.6 Å². The summed E-state index contributed by atoms with van der Waals surface area (Å²) in [5, 5.41) is 15.3. The molecule has 3 N–H and O–H groups in total. The number of aliphatic hydroxyl groups excluding tert-OH is 1. The van der Waals surface area contributed by atoms with Gasteiger partial charge in [-0.2, -0.15) is 0 Å². The van der Waals surface area contributed by atoms with Crippen molar-refractivity contribution in [3.63, 3.8) is 0 Å². The van der Waals surface area contributed by atoms with E-state index in [1.165, 1.54) is 0 Å². The van der Waals surface area contributed by atoms with Gasteiger partial charge in [0.1, 0.15) is 0 Å². The molecule has 0 aliphatic heterocycles. The van der Waals surface area contributed by atoms with E-state index in [4.69, 9.17) is 16.7 Å². The highest BCUT2D eigenvalue weighted by Gasteiger charge is 2.07. The van der Waals surface area contributed by atoms with Crippen LogP contribution in [-0.2, 0) is 4.79 Å². The predicted molar refractivity (Wildman–Crippen MR) is 69.2 cm³/mol. The maximum absolute atomic E-state index is 11.5. The molecular weight excluding hydrogens is 240 g/mol. The lowest BCUT2D eigenvalue weighted by Crippen LogP contribution is -2.37. The number of anilines is 1. The van der Waals surface area contributed by atoms with E-state index in [1.807, 2.05) is 6.92 Å². The van der Waals surface area contributed by atoms with Gasteiger partial charge in [-0.25, -0.2) is 0 Å². The molecule has 0 heterocycles. The zero-order valence-corrected chi connectivity index (χ0v) is 10.5. The summed E-state index contributed by atoms with van der Waals surface area (Å²) < 4.78 is 0. The molecule has 0 aliphatic carbocycles. The van der Waals surface area contributed by atoms with Gasteiger partial charge in [-0.15, -0.1) is 0 Å². The van der Waals surface area contributed by atoms with Crippen molar-refractivity contribution in [1.82, 2.24) is 5.32 Å². The Morgan fingerprint density at radius 2 is 2.06 bits per heavy atom. The van der Waals surface area contributed by atoms with E-state index in [-0.39, 0.29) is 25.1 Å². The third-order valence-electron chi connectivity index (χ3n) is 2.39. The first-order valence-corrected chi connectivity index (χ1v) is 5.93. The molecule has 1 atom stereocenters. The molecular formula is C12H17ClN2O2. The molecule has 94 valence electrons. The van der Waals surface area contributed by atoms with Crippen molar-refractivity contribution in [2.24, 2.45) is 0 Å². The molecule has 1 rings (SSSR count). The lowest BCUT2D eigenvalue weighted by atomic mass is 10.2. The lowest BCUT2D eigenvalue weighted by Gasteiger charge is -2.13. The Bertz CT molecular complexity index is 350. The average Bonchev–Trinajstić information content (AvgIpc) is 2.33. The third kappa shape index (κ3) is 5.17. The average molecular weight is 257 g/mol. The second-order valence-electron chi connectivity index (χ2n) is 3.72. The molecule has 1 unspecified atom stereocenters. The van der Waals surface area contributed by atoms with Crippen molar-refractivity contribution in [3.8, 4) is 0 Å². The van der Waals surface area contributed by atoms with Gasteiger partial charge in [0.2, 0.25) is 5.91 Å². The Morgan fingerprint density at radius 3 is 2.59 bits per heavy atom. The van der Waals surface area contributed by atoms with Crippen LogP contribution in [0.4, 0.5) is 5.69 Å². The van der Waals surface area contributed by atoms with E-state index in [2.05, 4.69) is 10.6 Å². The molecule has 0 spiro atoms. The number of hydrogen-bond acceptors (Lipinski definition) is 3. The molecule has 4 nitrogen and oxygen atoms in total. The normalized spacial score (nSPS) is 12.2. The summed E-state index contributed by atoms with van der Waals surface area (Å²) in [7, 11) is 0. The number of nitrogens with one attached hydrogen (secondary N) is 2. The van der Waals surface area contributed by atoms with Crippen LogP contribution in [0.5, 0.6) is 0 Å². The van der Waals surface area contributed by atoms with Gasteiger partial charge in [-0.05, 0) is 30.7 Å². The Balaban J connectivity index is 2.37. The summed E-state index contributed by atoms with van der Waals surface area (Å²) in [5.41, 5.74) is 0.707. The fourth-order valence-electron chi connectivity index (χ4n) is 1.31. The van der Waals surface area contributed by atoms with Crippen molar-refractivity contribution in [2.75, 3.05) is 18.5 Å². The van der Waals surface area contributed by atoms with Crippen LogP contribution in [0.3, 0.4) is 0 Å². The SMILES string of the molecule is CCC(CO)NCC(=O)Nc1ccc(Cl)cc1. The highest BCUT2D eigenvalue weighted by molar-refractivity contribution is 6.30. The molecule has 0 aliphatic rings. The molecule has 0 radical (unpaired) electrons. The minimum Gasteiger partial charge on any atom is -0.395 e. The van der Waals surface area contributed by atoms with E-state index < -0.39 is 0 Å². The Kier molecular flexibility index (Phi) is 5.97. The fourth-order valence-corrected chi connectivity index (χ4v) is 1.44. The van der Waals surface area contributed by atoms with Gasteiger partial charge in [0.15, 0.2) is 0 Å². The van der Waals surface area contributed by atoms with Crippen molar-refractivity contribution in [2.45, 2.75) is 19.4 Å². The molecule has 17 heavy (non-hydrogen) atoms. The highest BCUT2D eigenvalue weighted by atomic mass is 35.5. The van der Waals surface area contributed by atoms with Crippen molar-refractivity contribution in [1.29, 1.82) is 0 Å². The number of halogens is 1. The maximum atomic E-state index is 11.5. The number of carbonyl (C=O) groups excluding carboxylic acids is 1. The number of carbonyl (C=O) groups is 1. The quantitative estimate of drug-likeness (QED) is 0.725. The number of rotatable bonds is 6. The monoisotopic (exact) mass is 256 g/mol. The topological polar surface area (TPSA) is 61.4 Å². The van der Waals surface area contributed by atoms with Crippen LogP contribution >= 0.6 is 11.6 Å². The van der Waals surface area contributed by atoms with Crippen LogP contribution in [0.25, 0.3) is 0 Å². The van der Waals surface area contributed by atoms with Crippen LogP contribution in [0, 0.1) is 0 Å². The summed E-state index contributed by atoms with van der Waals surface area (Å²) in [4.78, 5) is 11.5. The van der Waals surface area contributed by atoms with Crippen molar-refractivity contribution < 1.29 is 9.90 Å². The zero-order chi connectivity index (χ0) is 12.7. The largest absolute Gasteiger partial charge is 0.395 e. The summed E-state index contributed by atoms with van der Waals surface area (Å²) in [5.74, 6) is -0.140. The molecule has 0 saturated carbocycles. The number of aliphatic hydroxyl groups is 1. The van der Waals surface area contributed by atoms with Crippen molar-refractivity contribution >= 4 is 23.2 Å². The third-order valence-corrected chi connectivity index (χ3v) is 2.64. The minimum absolute atomic E-state index is 0.0325. The van der Waals surface area contributed by atoms with Gasteiger partial charge >= 0.3 is 0 Å². The fraction of sp³-hybridized carbons (Fsp3) is 0.417. The second kappa shape index (κ2) is 7.27. The van der Waals surface area contributed by atoms with Crippen LogP contribution in [0.1, 0.15) is 13.3 Å². The smallest absolute Gasteiger partial charge is 0.238 e. The number of hydrogen-bond donors (Lipinski definition) is 3. The minimum atomic E-state index is -0.140. The Hall–Kier alpha value is -1.10. The first-order valence-electron chi connectivity index (χ1n) is 5.55. The predicted octanol–water partition coefficient (Wildman–Crippen LogP) is 1.64. The molecule has 1 amide bonds. The molecule has 0 saturated heterocycles. The number of benzene rings is 1. The van der Waals surface area contributed by atoms with Gasteiger partial charge in [-0.3, -0.25) is 4.79 Å².